The highest BCUT2D eigenvalue weighted by Crippen LogP contribution is 2.31. The van der Waals surface area contributed by atoms with E-state index in [1.165, 1.54) is 16.2 Å². The third-order valence-corrected chi connectivity index (χ3v) is 6.06. The second-order valence-electron chi connectivity index (χ2n) is 6.91. The van der Waals surface area contributed by atoms with Crippen molar-refractivity contribution in [2.24, 2.45) is 0 Å². The molecule has 0 radical (unpaired) electrons. The Bertz CT molecular complexity index is 1430. The van der Waals surface area contributed by atoms with Crippen molar-refractivity contribution < 1.29 is 0 Å². The van der Waals surface area contributed by atoms with E-state index in [4.69, 9.17) is 11.6 Å². The number of thioether (sulfide) groups is 1. The first kappa shape index (κ1) is 19.6. The predicted molar refractivity (Wildman–Crippen MR) is 125 cm³/mol. The number of aromatic nitrogens is 4. The summed E-state index contributed by atoms with van der Waals surface area (Å²) in [5, 5.41) is 1.46. The molecule has 0 bridgehead atoms. The van der Waals surface area contributed by atoms with Crippen LogP contribution in [-0.2, 0) is 5.75 Å². The fourth-order valence-electron chi connectivity index (χ4n) is 3.43. The van der Waals surface area contributed by atoms with Gasteiger partial charge in [-0.1, -0.05) is 65.8 Å². The van der Waals surface area contributed by atoms with Crippen molar-refractivity contribution in [2.45, 2.75) is 10.9 Å². The van der Waals surface area contributed by atoms with Crippen molar-refractivity contribution in [1.82, 2.24) is 18.9 Å². The van der Waals surface area contributed by atoms with Gasteiger partial charge in [0.2, 0.25) is 0 Å². The number of imidazole rings is 1. The number of pyridine rings is 1. The normalized spacial score (nSPS) is 11.1. The summed E-state index contributed by atoms with van der Waals surface area (Å²) in [6.45, 7) is 0. The molecule has 0 fully saturated rings. The fraction of sp³-hybridized carbons (Fsp3) is 0.0417. The Labute approximate surface area is 188 Å². The van der Waals surface area contributed by atoms with Gasteiger partial charge in [0.05, 0.1) is 17.6 Å². The van der Waals surface area contributed by atoms with Crippen LogP contribution in [0.1, 0.15) is 5.69 Å². The van der Waals surface area contributed by atoms with Crippen LogP contribution in [-0.4, -0.2) is 18.9 Å². The molecule has 5 nitrogen and oxygen atoms in total. The molecule has 0 unspecified atom stereocenters. The lowest BCUT2D eigenvalue weighted by Crippen LogP contribution is -2.14. The maximum Gasteiger partial charge on any atom is 0.258 e. The van der Waals surface area contributed by atoms with Crippen molar-refractivity contribution in [2.75, 3.05) is 0 Å². The molecule has 31 heavy (non-hydrogen) atoms. The van der Waals surface area contributed by atoms with Crippen LogP contribution in [0.3, 0.4) is 0 Å². The lowest BCUT2D eigenvalue weighted by Gasteiger charge is -2.12. The summed E-state index contributed by atoms with van der Waals surface area (Å²) in [6, 6.07) is 24.9. The van der Waals surface area contributed by atoms with Crippen molar-refractivity contribution in [3.63, 3.8) is 0 Å². The average molecular weight is 445 g/mol. The predicted octanol–water partition coefficient (Wildman–Crippen LogP) is 5.49. The molecule has 0 atom stereocenters. The van der Waals surface area contributed by atoms with E-state index >= 15 is 0 Å². The van der Waals surface area contributed by atoms with Gasteiger partial charge in [-0.15, -0.1) is 0 Å². The molecule has 0 aliphatic rings. The van der Waals surface area contributed by atoms with Gasteiger partial charge in [0.1, 0.15) is 5.65 Å². The molecule has 0 aliphatic heterocycles. The second-order valence-corrected chi connectivity index (χ2v) is 8.29. The Morgan fingerprint density at radius 2 is 1.77 bits per heavy atom. The van der Waals surface area contributed by atoms with Gasteiger partial charge in [0.25, 0.3) is 5.56 Å². The van der Waals surface area contributed by atoms with E-state index in [-0.39, 0.29) is 5.56 Å². The largest absolute Gasteiger partial charge is 0.287 e. The molecule has 0 saturated carbocycles. The summed E-state index contributed by atoms with van der Waals surface area (Å²) < 4.78 is 3.62. The molecule has 0 saturated heterocycles. The van der Waals surface area contributed by atoms with Gasteiger partial charge in [0.15, 0.2) is 5.16 Å². The second kappa shape index (κ2) is 8.41. The lowest BCUT2D eigenvalue weighted by atomic mass is 10.1. The Balaban J connectivity index is 1.54. The van der Waals surface area contributed by atoms with Crippen molar-refractivity contribution in [3.05, 3.63) is 112 Å². The van der Waals surface area contributed by atoms with E-state index in [1.54, 1.807) is 12.3 Å². The minimum atomic E-state index is -0.0932. The number of halogens is 1. The first-order chi connectivity index (χ1) is 15.2. The Hall–Kier alpha value is -3.35. The molecule has 5 aromatic rings. The first-order valence-electron chi connectivity index (χ1n) is 9.68. The Morgan fingerprint density at radius 3 is 2.61 bits per heavy atom. The van der Waals surface area contributed by atoms with E-state index in [9.17, 15) is 4.79 Å². The minimum absolute atomic E-state index is 0.0932. The van der Waals surface area contributed by atoms with Gasteiger partial charge in [-0.25, -0.2) is 9.97 Å². The Kier molecular flexibility index (Phi) is 5.32. The molecule has 3 heterocycles. The molecule has 2 aromatic carbocycles. The highest BCUT2D eigenvalue weighted by Gasteiger charge is 2.15. The van der Waals surface area contributed by atoms with E-state index in [1.807, 2.05) is 66.9 Å². The molecule has 0 aliphatic carbocycles. The Morgan fingerprint density at radius 1 is 0.935 bits per heavy atom. The number of nitrogens with zero attached hydrogens (tertiary/aromatic N) is 4. The smallest absolute Gasteiger partial charge is 0.258 e. The van der Waals surface area contributed by atoms with Crippen LogP contribution in [0.25, 0.3) is 22.6 Å². The SMILES string of the molecule is O=c1cc(CSc2ncc(-c3ccccc3)n2-c2cccc(Cl)c2)nc2ccccn12. The number of fused-ring (bicyclic) bond motifs is 1. The molecule has 3 aromatic heterocycles. The van der Waals surface area contributed by atoms with E-state index in [2.05, 4.69) is 26.7 Å². The number of hydrogen-bond donors (Lipinski definition) is 0. The quantitative estimate of drug-likeness (QED) is 0.336. The summed E-state index contributed by atoms with van der Waals surface area (Å²) in [6.07, 6.45) is 3.58. The fourth-order valence-corrected chi connectivity index (χ4v) is 4.50. The van der Waals surface area contributed by atoms with Gasteiger partial charge in [-0.05, 0) is 30.3 Å². The highest BCUT2D eigenvalue weighted by atomic mass is 35.5. The summed E-state index contributed by atoms with van der Waals surface area (Å²) in [5.41, 5.74) is 4.21. The van der Waals surface area contributed by atoms with Gasteiger partial charge >= 0.3 is 0 Å². The van der Waals surface area contributed by atoms with Gasteiger partial charge in [0, 0.05) is 34.3 Å². The van der Waals surface area contributed by atoms with E-state index in [0.29, 0.717) is 22.1 Å². The van der Waals surface area contributed by atoms with Gasteiger partial charge in [-0.3, -0.25) is 13.8 Å². The maximum absolute atomic E-state index is 12.4. The zero-order valence-electron chi connectivity index (χ0n) is 16.4. The highest BCUT2D eigenvalue weighted by molar-refractivity contribution is 7.98. The lowest BCUT2D eigenvalue weighted by molar-refractivity contribution is 0.898. The number of hydrogen-bond acceptors (Lipinski definition) is 4. The third kappa shape index (κ3) is 4.00. The molecule has 0 spiro atoms. The van der Waals surface area contributed by atoms with Crippen LogP contribution < -0.4 is 5.56 Å². The summed E-state index contributed by atoms with van der Waals surface area (Å²) in [5.74, 6) is 0.520. The zero-order valence-corrected chi connectivity index (χ0v) is 17.9. The molecular formula is C24H17ClN4OS. The van der Waals surface area contributed by atoms with E-state index in [0.717, 1.165) is 22.1 Å². The van der Waals surface area contributed by atoms with Crippen molar-refractivity contribution in [1.29, 1.82) is 0 Å². The first-order valence-corrected chi connectivity index (χ1v) is 11.0. The van der Waals surface area contributed by atoms with Crippen LogP contribution in [0.5, 0.6) is 0 Å². The molecule has 152 valence electrons. The summed E-state index contributed by atoms with van der Waals surface area (Å²) in [7, 11) is 0. The topological polar surface area (TPSA) is 52.2 Å². The monoisotopic (exact) mass is 444 g/mol. The van der Waals surface area contributed by atoms with Crippen LogP contribution in [0, 0.1) is 0 Å². The minimum Gasteiger partial charge on any atom is -0.287 e. The number of rotatable bonds is 5. The third-order valence-electron chi connectivity index (χ3n) is 4.84. The summed E-state index contributed by atoms with van der Waals surface area (Å²) in [4.78, 5) is 21.7. The molecular weight excluding hydrogens is 428 g/mol. The average Bonchev–Trinajstić information content (AvgIpc) is 3.22. The standard InChI is InChI=1S/C24H17ClN4OS/c25-18-9-6-10-20(13-18)29-21(17-7-2-1-3-8-17)15-26-24(29)31-16-19-14-23(30)28-12-5-4-11-22(28)27-19/h1-15H,16H2. The van der Waals surface area contributed by atoms with E-state index < -0.39 is 0 Å². The zero-order chi connectivity index (χ0) is 21.2. The van der Waals surface area contributed by atoms with Crippen LogP contribution >= 0.6 is 23.4 Å². The van der Waals surface area contributed by atoms with Crippen molar-refractivity contribution in [3.8, 4) is 16.9 Å². The molecule has 0 amide bonds. The van der Waals surface area contributed by atoms with Crippen LogP contribution in [0.2, 0.25) is 5.02 Å². The van der Waals surface area contributed by atoms with Gasteiger partial charge in [-0.2, -0.15) is 0 Å². The molecule has 7 heteroatoms. The van der Waals surface area contributed by atoms with Crippen LogP contribution in [0.4, 0.5) is 0 Å². The maximum atomic E-state index is 12.4. The number of benzene rings is 2. The summed E-state index contributed by atoms with van der Waals surface area (Å²) >= 11 is 7.80. The molecule has 0 N–H and O–H groups in total. The molecule has 5 rings (SSSR count). The van der Waals surface area contributed by atoms with Crippen LogP contribution in [0.15, 0.2) is 101 Å². The van der Waals surface area contributed by atoms with Crippen molar-refractivity contribution >= 4 is 29.0 Å². The van der Waals surface area contributed by atoms with Gasteiger partial charge < -0.3 is 0 Å².